The van der Waals surface area contributed by atoms with E-state index in [1.54, 1.807) is 0 Å². The molecule has 1 N–H and O–H groups in total. The number of benzene rings is 1. The van der Waals surface area contributed by atoms with Crippen molar-refractivity contribution in [1.82, 2.24) is 24.9 Å². The first-order valence-corrected chi connectivity index (χ1v) is 11.7. The number of morpholine rings is 1. The third-order valence-electron chi connectivity index (χ3n) is 6.35. The summed E-state index contributed by atoms with van der Waals surface area (Å²) in [7, 11) is 3.80. The third kappa shape index (κ3) is 7.07. The summed E-state index contributed by atoms with van der Waals surface area (Å²) in [6, 6.07) is 8.83. The van der Waals surface area contributed by atoms with Crippen LogP contribution in [0.2, 0.25) is 0 Å². The first-order chi connectivity index (χ1) is 15.6. The second-order valence-corrected chi connectivity index (χ2v) is 8.75. The normalized spacial score (nSPS) is 20.0. The number of hydrogen-bond donors (Lipinski definition) is 1. The van der Waals surface area contributed by atoms with Crippen molar-refractivity contribution in [3.8, 4) is 0 Å². The number of halogens is 1. The van der Waals surface area contributed by atoms with Crippen LogP contribution in [0.25, 0.3) is 0 Å². The van der Waals surface area contributed by atoms with Crippen molar-refractivity contribution in [3.63, 3.8) is 0 Å². The fourth-order valence-electron chi connectivity index (χ4n) is 4.54. The lowest BCUT2D eigenvalue weighted by atomic mass is 10.1. The Balaban J connectivity index is 0.00000306. The van der Waals surface area contributed by atoms with Crippen molar-refractivity contribution >= 4 is 35.6 Å². The van der Waals surface area contributed by atoms with E-state index in [2.05, 4.69) is 61.3 Å². The Hall–Kier alpha value is -1.85. The summed E-state index contributed by atoms with van der Waals surface area (Å²) in [5.41, 5.74) is 3.80. The standard InChI is InChI=1S/C24H37N7O.HI/c1-20-6-4-7-22(16-20)30-12-10-29(11-13-30)9-5-8-26-24(25-2)31-14-15-32-23(19-31)21-17-27-28(3)18-21;/h4,6-7,16-18,23H,5,8-15,19H2,1-3H3,(H,25,26);1H. The second-order valence-electron chi connectivity index (χ2n) is 8.75. The average Bonchev–Trinajstić information content (AvgIpc) is 3.26. The summed E-state index contributed by atoms with van der Waals surface area (Å²) in [5.74, 6) is 0.964. The molecule has 2 aliphatic heterocycles. The zero-order valence-electron chi connectivity index (χ0n) is 20.1. The molecule has 9 heteroatoms. The van der Waals surface area contributed by atoms with Crippen molar-refractivity contribution in [1.29, 1.82) is 0 Å². The van der Waals surface area contributed by atoms with Crippen molar-refractivity contribution in [2.45, 2.75) is 19.4 Å². The number of piperazine rings is 1. The smallest absolute Gasteiger partial charge is 0.193 e. The molecule has 1 aromatic carbocycles. The van der Waals surface area contributed by atoms with E-state index in [-0.39, 0.29) is 30.1 Å². The predicted octanol–water partition coefficient (Wildman–Crippen LogP) is 2.51. The molecule has 2 saturated heterocycles. The van der Waals surface area contributed by atoms with Gasteiger partial charge in [0.25, 0.3) is 0 Å². The van der Waals surface area contributed by atoms with Crippen LogP contribution in [0.1, 0.15) is 23.7 Å². The minimum absolute atomic E-state index is 0. The summed E-state index contributed by atoms with van der Waals surface area (Å²) in [6.07, 6.45) is 5.08. The van der Waals surface area contributed by atoms with Gasteiger partial charge >= 0.3 is 0 Å². The number of aromatic nitrogens is 2. The maximum Gasteiger partial charge on any atom is 0.193 e. The molecule has 0 spiro atoms. The maximum atomic E-state index is 5.97. The van der Waals surface area contributed by atoms with Gasteiger partial charge in [0, 0.05) is 70.8 Å². The number of anilines is 1. The molecule has 4 rings (SSSR count). The fraction of sp³-hybridized carbons (Fsp3) is 0.583. The first kappa shape index (κ1) is 25.8. The number of rotatable bonds is 6. The van der Waals surface area contributed by atoms with Crippen molar-refractivity contribution in [2.75, 3.05) is 70.9 Å². The summed E-state index contributed by atoms with van der Waals surface area (Å²) in [4.78, 5) is 11.9. The highest BCUT2D eigenvalue weighted by atomic mass is 127. The Bertz CT molecular complexity index is 894. The molecule has 2 aromatic rings. The summed E-state index contributed by atoms with van der Waals surface area (Å²) >= 11 is 0. The van der Waals surface area contributed by atoms with Gasteiger partial charge in [-0.15, -0.1) is 24.0 Å². The van der Waals surface area contributed by atoms with Gasteiger partial charge in [-0.25, -0.2) is 0 Å². The van der Waals surface area contributed by atoms with Crippen LogP contribution in [-0.2, 0) is 11.8 Å². The summed E-state index contributed by atoms with van der Waals surface area (Å²) in [6.45, 7) is 11.0. The number of nitrogens with one attached hydrogen (secondary N) is 1. The molecular formula is C24H38IN7O. The van der Waals surface area contributed by atoms with Crippen LogP contribution in [0, 0.1) is 6.92 Å². The zero-order chi connectivity index (χ0) is 22.3. The molecule has 2 fully saturated rings. The van der Waals surface area contributed by atoms with E-state index in [4.69, 9.17) is 4.74 Å². The van der Waals surface area contributed by atoms with Crippen molar-refractivity contribution in [2.24, 2.45) is 12.0 Å². The molecule has 1 aromatic heterocycles. The number of ether oxygens (including phenoxy) is 1. The van der Waals surface area contributed by atoms with E-state index < -0.39 is 0 Å². The highest BCUT2D eigenvalue weighted by Gasteiger charge is 2.25. The highest BCUT2D eigenvalue weighted by Crippen LogP contribution is 2.21. The molecular weight excluding hydrogens is 529 g/mol. The Kier molecular flexibility index (Phi) is 9.81. The Labute approximate surface area is 215 Å². The maximum absolute atomic E-state index is 5.97. The molecule has 0 aliphatic carbocycles. The largest absolute Gasteiger partial charge is 0.370 e. The average molecular weight is 568 g/mol. The third-order valence-corrected chi connectivity index (χ3v) is 6.35. The molecule has 0 saturated carbocycles. The molecule has 3 heterocycles. The Morgan fingerprint density at radius 2 is 2.03 bits per heavy atom. The lowest BCUT2D eigenvalue weighted by Gasteiger charge is -2.36. The van der Waals surface area contributed by atoms with Crippen LogP contribution in [0.4, 0.5) is 5.69 Å². The van der Waals surface area contributed by atoms with Gasteiger partial charge in [0.1, 0.15) is 6.10 Å². The molecule has 33 heavy (non-hydrogen) atoms. The molecule has 0 radical (unpaired) electrons. The summed E-state index contributed by atoms with van der Waals surface area (Å²) < 4.78 is 7.79. The Morgan fingerprint density at radius 3 is 2.73 bits per heavy atom. The van der Waals surface area contributed by atoms with Crippen LogP contribution in [-0.4, -0.2) is 91.6 Å². The van der Waals surface area contributed by atoms with Crippen LogP contribution >= 0.6 is 24.0 Å². The topological polar surface area (TPSA) is 61.2 Å². The SMILES string of the molecule is CN=C(NCCCN1CCN(c2cccc(C)c2)CC1)N1CCOC(c2cnn(C)c2)C1.I. The van der Waals surface area contributed by atoms with E-state index >= 15 is 0 Å². The van der Waals surface area contributed by atoms with Crippen LogP contribution in [0.15, 0.2) is 41.7 Å². The van der Waals surface area contributed by atoms with Gasteiger partial charge < -0.3 is 19.9 Å². The van der Waals surface area contributed by atoms with Crippen LogP contribution in [0.5, 0.6) is 0 Å². The molecule has 1 unspecified atom stereocenters. The first-order valence-electron chi connectivity index (χ1n) is 11.7. The van der Waals surface area contributed by atoms with Crippen molar-refractivity contribution in [3.05, 3.63) is 47.8 Å². The second kappa shape index (κ2) is 12.6. The van der Waals surface area contributed by atoms with Gasteiger partial charge in [0.05, 0.1) is 19.3 Å². The van der Waals surface area contributed by atoms with E-state index in [1.807, 2.05) is 31.2 Å². The molecule has 8 nitrogen and oxygen atoms in total. The Morgan fingerprint density at radius 1 is 1.21 bits per heavy atom. The predicted molar refractivity (Wildman–Crippen MR) is 145 cm³/mol. The molecule has 0 amide bonds. The number of aryl methyl sites for hydroxylation is 2. The molecule has 2 aliphatic rings. The van der Waals surface area contributed by atoms with Crippen LogP contribution in [0.3, 0.4) is 0 Å². The summed E-state index contributed by atoms with van der Waals surface area (Å²) in [5, 5.41) is 7.84. The van der Waals surface area contributed by atoms with E-state index in [1.165, 1.54) is 11.3 Å². The van der Waals surface area contributed by atoms with Gasteiger partial charge in [0.2, 0.25) is 0 Å². The molecule has 182 valence electrons. The van der Waals surface area contributed by atoms with Gasteiger partial charge in [-0.05, 0) is 37.6 Å². The molecule has 1 atom stereocenters. The van der Waals surface area contributed by atoms with E-state index in [9.17, 15) is 0 Å². The van der Waals surface area contributed by atoms with Gasteiger partial charge in [-0.1, -0.05) is 12.1 Å². The number of aliphatic imine (C=N–C) groups is 1. The van der Waals surface area contributed by atoms with Gasteiger partial charge in [-0.3, -0.25) is 14.6 Å². The van der Waals surface area contributed by atoms with E-state index in [0.29, 0.717) is 6.61 Å². The minimum atomic E-state index is 0. The zero-order valence-corrected chi connectivity index (χ0v) is 22.4. The van der Waals surface area contributed by atoms with E-state index in [0.717, 1.165) is 70.3 Å². The van der Waals surface area contributed by atoms with Crippen LogP contribution < -0.4 is 10.2 Å². The van der Waals surface area contributed by atoms with Gasteiger partial charge in [0.15, 0.2) is 5.96 Å². The highest BCUT2D eigenvalue weighted by molar-refractivity contribution is 14.0. The van der Waals surface area contributed by atoms with Crippen molar-refractivity contribution < 1.29 is 4.74 Å². The monoisotopic (exact) mass is 567 g/mol. The minimum Gasteiger partial charge on any atom is -0.370 e. The number of guanidine groups is 1. The quantitative estimate of drug-likeness (QED) is 0.251. The fourth-order valence-corrected chi connectivity index (χ4v) is 4.54. The van der Waals surface area contributed by atoms with Gasteiger partial charge in [-0.2, -0.15) is 5.10 Å². The lowest BCUT2D eigenvalue weighted by Crippen LogP contribution is -2.49. The lowest BCUT2D eigenvalue weighted by molar-refractivity contribution is -0.00802. The molecule has 0 bridgehead atoms. The number of nitrogens with zero attached hydrogens (tertiary/aromatic N) is 6. The number of hydrogen-bond acceptors (Lipinski definition) is 5.